The zero-order valence-corrected chi connectivity index (χ0v) is 36.0. The molecule has 21 heteroatoms. The number of anilines is 1. The van der Waals surface area contributed by atoms with E-state index in [1.165, 1.54) is 44.2 Å². The van der Waals surface area contributed by atoms with Gasteiger partial charge in [-0.3, -0.25) is 9.59 Å². The summed E-state index contributed by atoms with van der Waals surface area (Å²) in [6.07, 6.45) is -13.3. The molecule has 7 nitrogen and oxygen atoms in total. The minimum atomic E-state index is -4.50. The monoisotopic (exact) mass is 993 g/mol. The van der Waals surface area contributed by atoms with E-state index in [-0.39, 0.29) is 28.0 Å². The SMILES string of the molecule is CC(=O)C(Br)c1cccc(C(F)(F)F)c1.CCOC(=O)c1nc(C)c(-c2cccc(C(F)(F)F)c2)s1.Cc1nc(C(=O)Nc2c(F)cccc2F)sc1-c1cccc(C(F)(F)F)c1. The summed E-state index contributed by atoms with van der Waals surface area (Å²) in [4.78, 5) is 43.1. The largest absolute Gasteiger partial charge is 0.461 e. The zero-order valence-electron chi connectivity index (χ0n) is 32.8. The summed E-state index contributed by atoms with van der Waals surface area (Å²) in [6, 6.07) is 17.4. The lowest BCUT2D eigenvalue weighted by Gasteiger charge is -2.10. The number of carbonyl (C=O) groups is 3. The predicted molar refractivity (Wildman–Crippen MR) is 219 cm³/mol. The fourth-order valence-electron chi connectivity index (χ4n) is 5.27. The van der Waals surface area contributed by atoms with Crippen molar-refractivity contribution in [3.05, 3.63) is 146 Å². The number of carbonyl (C=O) groups excluding carboxylic acids is 3. The fraction of sp³-hybridized carbons (Fsp3) is 0.214. The van der Waals surface area contributed by atoms with Gasteiger partial charge in [0.2, 0.25) is 5.01 Å². The molecule has 0 saturated heterocycles. The van der Waals surface area contributed by atoms with Gasteiger partial charge in [0, 0.05) is 0 Å². The number of hydrogen-bond donors (Lipinski definition) is 1. The van der Waals surface area contributed by atoms with Gasteiger partial charge < -0.3 is 10.1 Å². The number of hydrogen-bond acceptors (Lipinski definition) is 8. The number of thiazole rings is 2. The summed E-state index contributed by atoms with van der Waals surface area (Å²) in [5.74, 6) is -3.55. The van der Waals surface area contributed by atoms with Crippen LogP contribution in [0.3, 0.4) is 0 Å². The quantitative estimate of drug-likeness (QED) is 0.0927. The molecule has 1 amide bonds. The van der Waals surface area contributed by atoms with Gasteiger partial charge in [0.25, 0.3) is 5.91 Å². The molecular weight excluding hydrogens is 963 g/mol. The number of Topliss-reactive ketones (excluding diaryl/α,β-unsaturated/α-hetero) is 1. The highest BCUT2D eigenvalue weighted by Gasteiger charge is 2.33. The van der Waals surface area contributed by atoms with E-state index in [9.17, 15) is 62.7 Å². The summed E-state index contributed by atoms with van der Waals surface area (Å²) in [6.45, 7) is 6.39. The predicted octanol–water partition coefficient (Wildman–Crippen LogP) is 13.7. The van der Waals surface area contributed by atoms with Crippen LogP contribution < -0.4 is 5.32 Å². The number of nitrogens with one attached hydrogen (secondary N) is 1. The number of ether oxygens (including phenoxy) is 1. The van der Waals surface area contributed by atoms with Crippen molar-refractivity contribution in [2.75, 3.05) is 11.9 Å². The van der Waals surface area contributed by atoms with E-state index in [2.05, 4.69) is 31.2 Å². The molecule has 0 radical (unpaired) electrons. The Kier molecular flexibility index (Phi) is 16.5. The Bertz CT molecular complexity index is 2570. The minimum absolute atomic E-state index is 0.123. The van der Waals surface area contributed by atoms with Crippen molar-refractivity contribution in [2.45, 2.75) is 51.1 Å². The van der Waals surface area contributed by atoms with Crippen molar-refractivity contribution in [1.82, 2.24) is 9.97 Å². The van der Waals surface area contributed by atoms with E-state index >= 15 is 0 Å². The van der Waals surface area contributed by atoms with Crippen LogP contribution in [0.1, 0.15) is 71.9 Å². The second kappa shape index (κ2) is 20.8. The average molecular weight is 995 g/mol. The number of benzene rings is 4. The highest BCUT2D eigenvalue weighted by atomic mass is 79.9. The van der Waals surface area contributed by atoms with Gasteiger partial charge >= 0.3 is 24.5 Å². The molecule has 0 saturated carbocycles. The number of nitrogens with zero attached hydrogens (tertiary/aromatic N) is 2. The van der Waals surface area contributed by atoms with Crippen LogP contribution in [-0.4, -0.2) is 34.2 Å². The third kappa shape index (κ3) is 13.5. The fourth-order valence-corrected chi connectivity index (χ4v) is 7.47. The smallest absolute Gasteiger partial charge is 0.416 e. The molecule has 1 N–H and O–H groups in total. The second-order valence-electron chi connectivity index (χ2n) is 12.9. The van der Waals surface area contributed by atoms with Gasteiger partial charge in [0.1, 0.15) is 23.1 Å². The van der Waals surface area contributed by atoms with E-state index in [1.54, 1.807) is 19.9 Å². The van der Waals surface area contributed by atoms with Crippen LogP contribution in [0.15, 0.2) is 91.0 Å². The van der Waals surface area contributed by atoms with E-state index in [0.717, 1.165) is 77.3 Å². The average Bonchev–Trinajstić information content (AvgIpc) is 3.81. The molecule has 2 heterocycles. The number of para-hydroxylation sites is 1. The Morgan fingerprint density at radius 1 is 0.667 bits per heavy atom. The normalized spacial score (nSPS) is 12.0. The summed E-state index contributed by atoms with van der Waals surface area (Å²) in [5.41, 5.74) is -1.14. The van der Waals surface area contributed by atoms with E-state index < -0.39 is 69.2 Å². The highest BCUT2D eigenvalue weighted by molar-refractivity contribution is 9.09. The summed E-state index contributed by atoms with van der Waals surface area (Å²) in [5, 5.41) is 2.12. The number of esters is 1. The number of halogens is 12. The molecule has 334 valence electrons. The molecule has 0 bridgehead atoms. The number of rotatable bonds is 8. The molecule has 0 fully saturated rings. The van der Waals surface area contributed by atoms with Crippen LogP contribution in [0.5, 0.6) is 0 Å². The van der Waals surface area contributed by atoms with Crippen molar-refractivity contribution < 1.29 is 67.4 Å². The molecule has 0 spiro atoms. The first-order chi connectivity index (χ1) is 29.3. The lowest BCUT2D eigenvalue weighted by atomic mass is 10.1. The van der Waals surface area contributed by atoms with Crippen LogP contribution in [0.4, 0.5) is 54.0 Å². The Balaban J connectivity index is 0.000000217. The first-order valence-corrected chi connectivity index (χ1v) is 20.4. The maximum Gasteiger partial charge on any atom is 0.416 e. The number of aryl methyl sites for hydroxylation is 2. The van der Waals surface area contributed by atoms with E-state index in [4.69, 9.17) is 4.74 Å². The Morgan fingerprint density at radius 3 is 1.52 bits per heavy atom. The molecular formula is C42H31BrF11N3O4S2. The number of amides is 1. The van der Waals surface area contributed by atoms with E-state index in [0.29, 0.717) is 32.3 Å². The van der Waals surface area contributed by atoms with E-state index in [1.807, 2.05) is 0 Å². The molecule has 63 heavy (non-hydrogen) atoms. The zero-order chi connectivity index (χ0) is 47.0. The van der Waals surface area contributed by atoms with Gasteiger partial charge in [-0.25, -0.2) is 23.5 Å². The minimum Gasteiger partial charge on any atom is -0.461 e. The Morgan fingerprint density at radius 2 is 1.08 bits per heavy atom. The number of ketones is 1. The van der Waals surface area contributed by atoms with Crippen molar-refractivity contribution in [2.24, 2.45) is 0 Å². The standard InChI is InChI=1S/C18H11F5N2OS.C14H12F3NO2S.C10H8BrF3O/c1-9-15(10-4-2-5-11(8-10)18(21,22)23)27-17(24-9)16(26)25-14-12(19)6-3-7-13(14)20;1-3-20-13(19)12-18-8(2)11(21-12)9-5-4-6-10(7-9)14(15,16)17;1-6(15)9(11)7-3-2-4-8(5-7)10(12,13)14/h2-8H,1H3,(H,25,26);4-7H,3H2,1-2H3;2-5,9H,1H3. The second-order valence-corrected chi connectivity index (χ2v) is 15.8. The lowest BCUT2D eigenvalue weighted by Crippen LogP contribution is -2.14. The molecule has 1 unspecified atom stereocenters. The van der Waals surface area contributed by atoms with Crippen molar-refractivity contribution in [1.29, 1.82) is 0 Å². The van der Waals surface area contributed by atoms with Crippen molar-refractivity contribution in [3.8, 4) is 20.9 Å². The van der Waals surface area contributed by atoms with Crippen LogP contribution in [0.2, 0.25) is 0 Å². The summed E-state index contributed by atoms with van der Waals surface area (Å²) >= 11 is 4.90. The van der Waals surface area contributed by atoms with Crippen LogP contribution in [-0.2, 0) is 28.1 Å². The first kappa shape index (κ1) is 50.1. The van der Waals surface area contributed by atoms with Crippen LogP contribution >= 0.6 is 38.6 Å². The summed E-state index contributed by atoms with van der Waals surface area (Å²) in [7, 11) is 0. The molecule has 1 atom stereocenters. The van der Waals surface area contributed by atoms with Crippen molar-refractivity contribution in [3.63, 3.8) is 0 Å². The topological polar surface area (TPSA) is 98.2 Å². The summed E-state index contributed by atoms with van der Waals surface area (Å²) < 4.78 is 146. The van der Waals surface area contributed by atoms with Crippen LogP contribution in [0.25, 0.3) is 20.9 Å². The van der Waals surface area contributed by atoms with Gasteiger partial charge in [0.05, 0.1) is 49.3 Å². The highest BCUT2D eigenvalue weighted by Crippen LogP contribution is 2.38. The third-order valence-corrected chi connectivity index (χ3v) is 11.8. The molecule has 0 aliphatic heterocycles. The van der Waals surface area contributed by atoms with Gasteiger partial charge in [-0.05, 0) is 86.8 Å². The first-order valence-electron chi connectivity index (χ1n) is 17.9. The molecule has 2 aromatic heterocycles. The Labute approximate surface area is 368 Å². The third-order valence-electron chi connectivity index (χ3n) is 8.21. The number of aromatic nitrogens is 2. The molecule has 0 aliphatic rings. The maximum absolute atomic E-state index is 13.7. The van der Waals surface area contributed by atoms with Gasteiger partial charge in [-0.1, -0.05) is 64.5 Å². The molecule has 0 aliphatic carbocycles. The van der Waals surface area contributed by atoms with Gasteiger partial charge in [0.15, 0.2) is 5.01 Å². The maximum atomic E-state index is 13.7. The van der Waals surface area contributed by atoms with Gasteiger partial charge in [-0.2, -0.15) is 39.5 Å². The number of alkyl halides is 10. The van der Waals surface area contributed by atoms with Crippen molar-refractivity contribution >= 4 is 62.0 Å². The molecule has 6 rings (SSSR count). The van der Waals surface area contributed by atoms with Crippen LogP contribution in [0, 0.1) is 25.5 Å². The lowest BCUT2D eigenvalue weighted by molar-refractivity contribution is -0.138. The van der Waals surface area contributed by atoms with Gasteiger partial charge in [-0.15, -0.1) is 22.7 Å². The Hall–Kier alpha value is -5.54. The molecule has 4 aromatic carbocycles. The molecule has 6 aromatic rings.